The van der Waals surface area contributed by atoms with E-state index < -0.39 is 18.3 Å². The van der Waals surface area contributed by atoms with Crippen molar-refractivity contribution in [1.82, 2.24) is 4.90 Å². The number of aliphatic hydroxyl groups is 3. The van der Waals surface area contributed by atoms with Gasteiger partial charge in [-0.2, -0.15) is 0 Å². The molecule has 0 spiro atoms. The predicted molar refractivity (Wildman–Crippen MR) is 62.3 cm³/mol. The number of halogens is 1. The minimum absolute atomic E-state index is 0. The van der Waals surface area contributed by atoms with Crippen LogP contribution < -0.4 is 0 Å². The Bertz CT molecular complexity index is 227. The lowest BCUT2D eigenvalue weighted by molar-refractivity contribution is -0.187. The molecule has 0 saturated carbocycles. The van der Waals surface area contributed by atoms with Crippen molar-refractivity contribution in [2.45, 2.75) is 24.4 Å². The van der Waals surface area contributed by atoms with Crippen LogP contribution in [0.3, 0.4) is 0 Å². The zero-order valence-corrected chi connectivity index (χ0v) is 10.4. The molecule has 0 aliphatic carbocycles. The Hall–Kier alpha value is 0.0500. The minimum atomic E-state index is -1.02. The minimum Gasteiger partial charge on any atom is -0.394 e. The van der Waals surface area contributed by atoms with Crippen LogP contribution in [0.4, 0.5) is 0 Å². The molecule has 3 N–H and O–H groups in total. The van der Waals surface area contributed by atoms with Crippen molar-refractivity contribution in [3.63, 3.8) is 0 Å². The first-order valence-electron chi connectivity index (χ1n) is 5.64. The average molecular weight is 270 g/mol. The van der Waals surface area contributed by atoms with E-state index in [1.165, 1.54) is 0 Å². The van der Waals surface area contributed by atoms with Gasteiger partial charge in [0.2, 0.25) is 0 Å². The predicted octanol–water partition coefficient (Wildman–Crippen LogP) is -1.78. The molecule has 2 fully saturated rings. The van der Waals surface area contributed by atoms with E-state index >= 15 is 0 Å². The Morgan fingerprint density at radius 1 is 1.12 bits per heavy atom. The van der Waals surface area contributed by atoms with Gasteiger partial charge in [-0.1, -0.05) is 0 Å². The Labute approximate surface area is 107 Å². The van der Waals surface area contributed by atoms with E-state index in [0.29, 0.717) is 19.8 Å². The SMILES string of the molecule is Cl.OC[C@H]1OC[C@@H](N2CCOCC2)[C@@H](O)[C@H]1O. The molecule has 2 heterocycles. The van der Waals surface area contributed by atoms with Crippen molar-refractivity contribution in [2.24, 2.45) is 0 Å². The molecule has 0 bridgehead atoms. The third-order valence-electron chi connectivity index (χ3n) is 3.30. The van der Waals surface area contributed by atoms with Crippen LogP contribution in [0.15, 0.2) is 0 Å². The largest absolute Gasteiger partial charge is 0.394 e. The third kappa shape index (κ3) is 3.29. The van der Waals surface area contributed by atoms with E-state index in [0.717, 1.165) is 13.1 Å². The molecule has 17 heavy (non-hydrogen) atoms. The van der Waals surface area contributed by atoms with Gasteiger partial charge in [0.05, 0.1) is 32.5 Å². The molecule has 7 heteroatoms. The van der Waals surface area contributed by atoms with Crippen molar-refractivity contribution in [3.8, 4) is 0 Å². The number of hydrogen-bond acceptors (Lipinski definition) is 6. The second kappa shape index (κ2) is 6.84. The van der Waals surface area contributed by atoms with Crippen molar-refractivity contribution in [3.05, 3.63) is 0 Å². The van der Waals surface area contributed by atoms with E-state index in [4.69, 9.17) is 14.6 Å². The highest BCUT2D eigenvalue weighted by Crippen LogP contribution is 2.20. The van der Waals surface area contributed by atoms with E-state index in [1.807, 2.05) is 0 Å². The fourth-order valence-corrected chi connectivity index (χ4v) is 2.26. The summed E-state index contributed by atoms with van der Waals surface area (Å²) in [5.41, 5.74) is 0. The first kappa shape index (κ1) is 15.1. The van der Waals surface area contributed by atoms with E-state index in [2.05, 4.69) is 4.90 Å². The second-order valence-corrected chi connectivity index (χ2v) is 4.25. The summed E-state index contributed by atoms with van der Waals surface area (Å²) in [7, 11) is 0. The molecule has 0 unspecified atom stereocenters. The fourth-order valence-electron chi connectivity index (χ4n) is 2.26. The van der Waals surface area contributed by atoms with Crippen LogP contribution in [0.5, 0.6) is 0 Å². The molecule has 0 aromatic heterocycles. The number of morpholine rings is 1. The monoisotopic (exact) mass is 269 g/mol. The van der Waals surface area contributed by atoms with Gasteiger partial charge in [0.15, 0.2) is 0 Å². The van der Waals surface area contributed by atoms with Gasteiger partial charge in [-0.15, -0.1) is 12.4 Å². The molecule has 0 aromatic carbocycles. The Balaban J connectivity index is 0.00000144. The van der Waals surface area contributed by atoms with Gasteiger partial charge in [-0.05, 0) is 0 Å². The highest BCUT2D eigenvalue weighted by atomic mass is 35.5. The standard InChI is InChI=1S/C10H19NO5.ClH/c12-5-8-10(14)9(13)7(6-16-8)11-1-3-15-4-2-11;/h7-10,12-14H,1-6H2;1H/t7-,8-,9-,10+;/m1./s1. The molecule has 2 rings (SSSR count). The number of ether oxygens (including phenoxy) is 2. The Morgan fingerprint density at radius 2 is 1.76 bits per heavy atom. The van der Waals surface area contributed by atoms with Crippen LogP contribution in [0.1, 0.15) is 0 Å². The summed E-state index contributed by atoms with van der Waals surface area (Å²) in [4.78, 5) is 2.06. The van der Waals surface area contributed by atoms with Gasteiger partial charge in [0.1, 0.15) is 18.3 Å². The van der Waals surface area contributed by atoms with Crippen molar-refractivity contribution < 1.29 is 24.8 Å². The van der Waals surface area contributed by atoms with Crippen LogP contribution in [0.2, 0.25) is 0 Å². The van der Waals surface area contributed by atoms with Crippen molar-refractivity contribution in [1.29, 1.82) is 0 Å². The summed E-state index contributed by atoms with van der Waals surface area (Å²) in [6, 6.07) is -0.207. The van der Waals surface area contributed by atoms with E-state index in [-0.39, 0.29) is 25.1 Å². The van der Waals surface area contributed by atoms with Gasteiger partial charge >= 0.3 is 0 Å². The summed E-state index contributed by atoms with van der Waals surface area (Å²) in [5, 5.41) is 28.7. The van der Waals surface area contributed by atoms with Crippen LogP contribution in [-0.4, -0.2) is 84.1 Å². The van der Waals surface area contributed by atoms with Gasteiger partial charge in [0, 0.05) is 13.1 Å². The first-order chi connectivity index (χ1) is 7.74. The molecule has 2 aliphatic rings. The van der Waals surface area contributed by atoms with Crippen LogP contribution >= 0.6 is 12.4 Å². The van der Waals surface area contributed by atoms with Gasteiger partial charge < -0.3 is 24.8 Å². The molecular formula is C10H20ClNO5. The van der Waals surface area contributed by atoms with Crippen molar-refractivity contribution >= 4 is 12.4 Å². The normalized spacial score (nSPS) is 39.7. The highest BCUT2D eigenvalue weighted by molar-refractivity contribution is 5.85. The first-order valence-corrected chi connectivity index (χ1v) is 5.64. The smallest absolute Gasteiger partial charge is 0.110 e. The molecule has 0 amide bonds. The summed E-state index contributed by atoms with van der Waals surface area (Å²) < 4.78 is 10.6. The third-order valence-corrected chi connectivity index (χ3v) is 3.30. The molecule has 2 saturated heterocycles. The fraction of sp³-hybridized carbons (Fsp3) is 1.00. The molecule has 4 atom stereocenters. The summed E-state index contributed by atoms with van der Waals surface area (Å²) in [5.74, 6) is 0. The Kier molecular flexibility index (Phi) is 6.08. The molecular weight excluding hydrogens is 250 g/mol. The van der Waals surface area contributed by atoms with Crippen molar-refractivity contribution in [2.75, 3.05) is 39.5 Å². The molecule has 2 aliphatic heterocycles. The summed E-state index contributed by atoms with van der Waals surface area (Å²) in [6.45, 7) is 2.83. The molecule has 0 aromatic rings. The van der Waals surface area contributed by atoms with E-state index in [9.17, 15) is 10.2 Å². The lowest BCUT2D eigenvalue weighted by Crippen LogP contribution is -2.61. The molecule has 0 radical (unpaired) electrons. The number of nitrogens with zero attached hydrogens (tertiary/aromatic N) is 1. The maximum Gasteiger partial charge on any atom is 0.110 e. The quantitative estimate of drug-likeness (QED) is 0.550. The van der Waals surface area contributed by atoms with Crippen LogP contribution in [0.25, 0.3) is 0 Å². The highest BCUT2D eigenvalue weighted by Gasteiger charge is 2.40. The zero-order chi connectivity index (χ0) is 11.5. The molecule has 6 nitrogen and oxygen atoms in total. The second-order valence-electron chi connectivity index (χ2n) is 4.25. The van der Waals surface area contributed by atoms with Gasteiger partial charge in [-0.3, -0.25) is 4.90 Å². The van der Waals surface area contributed by atoms with E-state index in [1.54, 1.807) is 0 Å². The zero-order valence-electron chi connectivity index (χ0n) is 9.57. The maximum atomic E-state index is 9.97. The number of hydrogen-bond donors (Lipinski definition) is 3. The Morgan fingerprint density at radius 3 is 2.35 bits per heavy atom. The van der Waals surface area contributed by atoms with Crippen LogP contribution in [0, 0.1) is 0 Å². The van der Waals surface area contributed by atoms with Crippen LogP contribution in [-0.2, 0) is 9.47 Å². The topological polar surface area (TPSA) is 82.4 Å². The number of aliphatic hydroxyl groups excluding tert-OH is 3. The lowest BCUT2D eigenvalue weighted by atomic mass is 9.97. The number of rotatable bonds is 2. The van der Waals surface area contributed by atoms with Gasteiger partial charge in [0.25, 0.3) is 0 Å². The molecule has 102 valence electrons. The summed E-state index contributed by atoms with van der Waals surface area (Å²) >= 11 is 0. The lowest BCUT2D eigenvalue weighted by Gasteiger charge is -2.43. The average Bonchev–Trinajstić information content (AvgIpc) is 2.34. The van der Waals surface area contributed by atoms with Gasteiger partial charge in [-0.25, -0.2) is 0 Å². The summed E-state index contributed by atoms with van der Waals surface area (Å²) in [6.07, 6.45) is -2.57. The maximum absolute atomic E-state index is 9.97.